The van der Waals surface area contributed by atoms with Crippen LogP contribution in [0.4, 0.5) is 20.6 Å². The lowest BCUT2D eigenvalue weighted by molar-refractivity contribution is -0.130. The van der Waals surface area contributed by atoms with Crippen LogP contribution in [0.1, 0.15) is 0 Å². The van der Waals surface area contributed by atoms with Crippen molar-refractivity contribution in [1.82, 2.24) is 10.2 Å². The summed E-state index contributed by atoms with van der Waals surface area (Å²) in [7, 11) is 2.93. The highest BCUT2D eigenvalue weighted by Gasteiger charge is 2.34. The van der Waals surface area contributed by atoms with Crippen molar-refractivity contribution in [2.24, 2.45) is 0 Å². The van der Waals surface area contributed by atoms with Crippen LogP contribution in [0.2, 0.25) is 0 Å². The summed E-state index contributed by atoms with van der Waals surface area (Å²) < 4.78 is 29.8. The Morgan fingerprint density at radius 1 is 1.39 bits per heavy atom. The fourth-order valence-corrected chi connectivity index (χ4v) is 3.14. The Balaban J connectivity index is 1.66. The summed E-state index contributed by atoms with van der Waals surface area (Å²) in [5.41, 5.74) is 0.661. The van der Waals surface area contributed by atoms with Crippen molar-refractivity contribution < 1.29 is 28.2 Å². The average Bonchev–Trinajstić information content (AvgIpc) is 3.22. The number of nitrogens with one attached hydrogen (secondary N) is 1. The van der Waals surface area contributed by atoms with Gasteiger partial charge in [0.05, 0.1) is 44.8 Å². The second-order valence-corrected chi connectivity index (χ2v) is 6.69. The maximum Gasteiger partial charge on any atom is 0.414 e. The highest BCUT2D eigenvalue weighted by Crippen LogP contribution is 2.29. The Hall–Kier alpha value is -2.66. The van der Waals surface area contributed by atoms with E-state index in [0.717, 1.165) is 0 Å². The monoisotopic (exact) mass is 412 g/mol. The van der Waals surface area contributed by atoms with E-state index in [1.54, 1.807) is 17.0 Å². The van der Waals surface area contributed by atoms with Crippen LogP contribution < -0.4 is 15.1 Å². The smallest absolute Gasteiger partial charge is 0.414 e. The quantitative estimate of drug-likeness (QED) is 0.690. The molecule has 28 heavy (non-hydrogen) atoms. The molecular formula is C17H21FN4O5S. The van der Waals surface area contributed by atoms with Crippen molar-refractivity contribution in [3.8, 4) is 0 Å². The molecule has 0 bridgehead atoms. The Bertz CT molecular complexity index is 780. The number of halogens is 1. The highest BCUT2D eigenvalue weighted by molar-refractivity contribution is 7.80. The SMILES string of the molecule is COCN1CN(c2ccc(N3CC(CNC(=S)OC)OC3=O)cc2F)CC1=O. The second kappa shape index (κ2) is 8.57. The Labute approximate surface area is 166 Å². The van der Waals surface area contributed by atoms with Gasteiger partial charge in [-0.1, -0.05) is 0 Å². The Morgan fingerprint density at radius 2 is 2.18 bits per heavy atom. The number of ether oxygens (including phenoxy) is 3. The third-order valence-corrected chi connectivity index (χ3v) is 4.73. The maximum absolute atomic E-state index is 14.7. The van der Waals surface area contributed by atoms with Gasteiger partial charge in [-0.25, -0.2) is 9.18 Å². The normalized spacial score (nSPS) is 19.2. The lowest BCUT2D eigenvalue weighted by atomic mass is 10.2. The number of amides is 2. The van der Waals surface area contributed by atoms with Crippen LogP contribution in [0.5, 0.6) is 0 Å². The molecule has 152 valence electrons. The molecule has 0 aliphatic carbocycles. The zero-order valence-corrected chi connectivity index (χ0v) is 16.3. The van der Waals surface area contributed by atoms with Crippen molar-refractivity contribution in [2.75, 3.05) is 57.1 Å². The number of cyclic esters (lactones) is 1. The number of nitrogens with zero attached hydrogens (tertiary/aromatic N) is 3. The molecule has 1 aromatic carbocycles. The minimum Gasteiger partial charge on any atom is -0.474 e. The predicted octanol–water partition coefficient (Wildman–Crippen LogP) is 0.882. The standard InChI is InChI=1S/C17H21FN4O5S/c1-25-10-21-9-20(8-15(21)23)14-4-3-11(5-13(14)18)22-7-12(27-17(22)24)6-19-16(28)26-2/h3-5,12H,6-10H2,1-2H3,(H,19,28). The van der Waals surface area contributed by atoms with E-state index in [9.17, 15) is 14.0 Å². The molecule has 2 fully saturated rings. The number of rotatable bonds is 6. The summed E-state index contributed by atoms with van der Waals surface area (Å²) in [4.78, 5) is 28.5. The zero-order valence-electron chi connectivity index (χ0n) is 15.5. The number of thiocarbonyl (C=S) groups is 1. The fraction of sp³-hybridized carbons (Fsp3) is 0.471. The van der Waals surface area contributed by atoms with E-state index >= 15 is 0 Å². The molecule has 0 aromatic heterocycles. The van der Waals surface area contributed by atoms with Gasteiger partial charge < -0.3 is 29.3 Å². The highest BCUT2D eigenvalue weighted by atomic mass is 32.1. The van der Waals surface area contributed by atoms with Crippen molar-refractivity contribution in [1.29, 1.82) is 0 Å². The van der Waals surface area contributed by atoms with E-state index in [-0.39, 0.29) is 43.3 Å². The number of benzene rings is 1. The molecule has 2 heterocycles. The maximum atomic E-state index is 14.7. The predicted molar refractivity (Wildman–Crippen MR) is 103 cm³/mol. The van der Waals surface area contributed by atoms with E-state index in [1.807, 2.05) is 0 Å². The first-order chi connectivity index (χ1) is 13.4. The van der Waals surface area contributed by atoms with Gasteiger partial charge in [0.15, 0.2) is 0 Å². The molecule has 1 unspecified atom stereocenters. The van der Waals surface area contributed by atoms with E-state index in [4.69, 9.17) is 26.4 Å². The van der Waals surface area contributed by atoms with Crippen LogP contribution in [0.15, 0.2) is 18.2 Å². The third kappa shape index (κ3) is 4.25. The molecule has 1 aromatic rings. The van der Waals surface area contributed by atoms with Gasteiger partial charge >= 0.3 is 6.09 Å². The van der Waals surface area contributed by atoms with Crippen LogP contribution in [-0.4, -0.2) is 75.4 Å². The number of methoxy groups -OCH3 is 2. The first-order valence-electron chi connectivity index (χ1n) is 8.54. The summed E-state index contributed by atoms with van der Waals surface area (Å²) in [5.74, 6) is -0.669. The van der Waals surface area contributed by atoms with Crippen LogP contribution >= 0.6 is 12.2 Å². The molecule has 9 nitrogen and oxygen atoms in total. The Morgan fingerprint density at radius 3 is 2.86 bits per heavy atom. The van der Waals surface area contributed by atoms with Gasteiger partial charge in [0.1, 0.15) is 18.7 Å². The van der Waals surface area contributed by atoms with E-state index in [2.05, 4.69) is 5.32 Å². The molecule has 2 aliphatic heterocycles. The Kier molecular flexibility index (Phi) is 6.15. The molecule has 2 aliphatic rings. The largest absolute Gasteiger partial charge is 0.474 e. The number of hydrogen-bond acceptors (Lipinski definition) is 7. The summed E-state index contributed by atoms with van der Waals surface area (Å²) in [6.45, 7) is 0.998. The molecule has 2 saturated heterocycles. The molecule has 1 atom stereocenters. The number of carbonyl (C=O) groups excluding carboxylic acids is 2. The first-order valence-corrected chi connectivity index (χ1v) is 8.95. The molecular weight excluding hydrogens is 391 g/mol. The summed E-state index contributed by atoms with van der Waals surface area (Å²) in [5, 5.41) is 3.02. The van der Waals surface area contributed by atoms with Crippen molar-refractivity contribution >= 4 is 40.8 Å². The van der Waals surface area contributed by atoms with Gasteiger partial charge in [-0.2, -0.15) is 0 Å². The summed E-state index contributed by atoms with van der Waals surface area (Å²) >= 11 is 4.88. The van der Waals surface area contributed by atoms with E-state index < -0.39 is 18.0 Å². The van der Waals surface area contributed by atoms with Crippen LogP contribution in [-0.2, 0) is 19.0 Å². The zero-order chi connectivity index (χ0) is 20.3. The van der Waals surface area contributed by atoms with Crippen molar-refractivity contribution in [3.05, 3.63) is 24.0 Å². The van der Waals surface area contributed by atoms with Crippen molar-refractivity contribution in [3.63, 3.8) is 0 Å². The topological polar surface area (TPSA) is 83.6 Å². The van der Waals surface area contributed by atoms with Crippen molar-refractivity contribution in [2.45, 2.75) is 6.10 Å². The van der Waals surface area contributed by atoms with Gasteiger partial charge in [-0.15, -0.1) is 0 Å². The van der Waals surface area contributed by atoms with Gasteiger partial charge in [-0.3, -0.25) is 9.69 Å². The fourth-order valence-electron chi connectivity index (χ4n) is 3.06. The molecule has 1 N–H and O–H groups in total. The molecule has 2 amide bonds. The summed E-state index contributed by atoms with van der Waals surface area (Å²) in [6.07, 6.45) is -1.01. The molecule has 0 spiro atoms. The van der Waals surface area contributed by atoms with Gasteiger partial charge in [-0.05, 0) is 30.4 Å². The molecule has 0 saturated carbocycles. The lowest BCUT2D eigenvalue weighted by Crippen LogP contribution is -2.34. The second-order valence-electron chi connectivity index (χ2n) is 6.32. The molecule has 3 rings (SSSR count). The number of anilines is 2. The summed E-state index contributed by atoms with van der Waals surface area (Å²) in [6, 6.07) is 4.43. The van der Waals surface area contributed by atoms with Gasteiger partial charge in [0.25, 0.3) is 5.17 Å². The minimum absolute atomic E-state index is 0.0680. The first kappa shape index (κ1) is 20.1. The van der Waals surface area contributed by atoms with Crippen LogP contribution in [0.3, 0.4) is 0 Å². The van der Waals surface area contributed by atoms with Gasteiger partial charge in [0, 0.05) is 7.11 Å². The van der Waals surface area contributed by atoms with E-state index in [0.29, 0.717) is 12.2 Å². The van der Waals surface area contributed by atoms with Gasteiger partial charge in [0.2, 0.25) is 5.91 Å². The van der Waals surface area contributed by atoms with Crippen LogP contribution in [0.25, 0.3) is 0 Å². The van der Waals surface area contributed by atoms with Crippen LogP contribution in [0, 0.1) is 5.82 Å². The average molecular weight is 412 g/mol. The molecule has 11 heteroatoms. The lowest BCUT2D eigenvalue weighted by Gasteiger charge is -2.21. The van der Waals surface area contributed by atoms with E-state index in [1.165, 1.54) is 30.1 Å². The molecule has 0 radical (unpaired) electrons. The third-order valence-electron chi connectivity index (χ3n) is 4.42. The number of carbonyl (C=O) groups is 2. The minimum atomic E-state index is -0.565. The number of hydrogen-bond donors (Lipinski definition) is 1.